The van der Waals surface area contributed by atoms with Crippen LogP contribution in [0.2, 0.25) is 5.02 Å². The molecule has 0 saturated carbocycles. The van der Waals surface area contributed by atoms with E-state index in [1.807, 2.05) is 0 Å². The fourth-order valence-electron chi connectivity index (χ4n) is 1.33. The van der Waals surface area contributed by atoms with Crippen LogP contribution < -0.4 is 5.32 Å². The number of rotatable bonds is 2. The van der Waals surface area contributed by atoms with Gasteiger partial charge in [0.05, 0.1) is 22.5 Å². The van der Waals surface area contributed by atoms with E-state index in [-0.39, 0.29) is 5.91 Å². The summed E-state index contributed by atoms with van der Waals surface area (Å²) in [6, 6.07) is 8.69. The number of carbonyl (C=O) groups excluding carboxylic acids is 1. The molecule has 92 valence electrons. The number of anilines is 1. The van der Waals surface area contributed by atoms with Gasteiger partial charge in [0.1, 0.15) is 4.60 Å². The number of aromatic nitrogens is 1. The Hall–Kier alpha value is -0.910. The molecule has 2 rings (SSSR count). The lowest BCUT2D eigenvalue weighted by Crippen LogP contribution is -2.12. The molecule has 2 aromatic rings. The average Bonchev–Trinajstić information content (AvgIpc) is 2.35. The molecule has 0 radical (unpaired) electrons. The summed E-state index contributed by atoms with van der Waals surface area (Å²) in [5.74, 6) is -0.273. The second kappa shape index (κ2) is 5.82. The number of nitrogens with zero attached hydrogens (tertiary/aromatic N) is 1. The Labute approximate surface area is 126 Å². The Balaban J connectivity index is 2.22. The molecule has 18 heavy (non-hydrogen) atoms. The van der Waals surface area contributed by atoms with Gasteiger partial charge in [0.25, 0.3) is 5.91 Å². The zero-order valence-corrected chi connectivity index (χ0v) is 12.9. The van der Waals surface area contributed by atoms with Crippen LogP contribution in [0.4, 0.5) is 5.69 Å². The predicted molar refractivity (Wildman–Crippen MR) is 79.0 cm³/mol. The molecule has 6 heteroatoms. The van der Waals surface area contributed by atoms with Crippen molar-refractivity contribution in [1.82, 2.24) is 4.98 Å². The maximum Gasteiger partial charge on any atom is 0.257 e. The SMILES string of the molecule is O=C(Nc1ccc(Br)nc1)c1cccc(Br)c1Cl. The summed E-state index contributed by atoms with van der Waals surface area (Å²) in [6.45, 7) is 0. The zero-order valence-electron chi connectivity index (χ0n) is 8.95. The minimum atomic E-state index is -0.273. The van der Waals surface area contributed by atoms with E-state index >= 15 is 0 Å². The van der Waals surface area contributed by atoms with Crippen molar-refractivity contribution in [2.75, 3.05) is 5.32 Å². The quantitative estimate of drug-likeness (QED) is 0.767. The van der Waals surface area contributed by atoms with Crippen LogP contribution in [-0.4, -0.2) is 10.9 Å². The Morgan fingerprint density at radius 3 is 2.67 bits per heavy atom. The van der Waals surface area contributed by atoms with E-state index < -0.39 is 0 Å². The van der Waals surface area contributed by atoms with Gasteiger partial charge in [-0.05, 0) is 56.1 Å². The van der Waals surface area contributed by atoms with Gasteiger partial charge in [0.2, 0.25) is 0 Å². The molecule has 0 aliphatic heterocycles. The molecule has 0 atom stereocenters. The number of pyridine rings is 1. The van der Waals surface area contributed by atoms with Crippen LogP contribution in [0.25, 0.3) is 0 Å². The zero-order chi connectivity index (χ0) is 13.1. The standard InChI is InChI=1S/C12H7Br2ClN2O/c13-9-3-1-2-8(11(9)15)12(18)17-7-4-5-10(14)16-6-7/h1-6H,(H,17,18). The minimum Gasteiger partial charge on any atom is -0.321 e. The lowest BCUT2D eigenvalue weighted by atomic mass is 10.2. The van der Waals surface area contributed by atoms with Gasteiger partial charge in [-0.1, -0.05) is 17.7 Å². The Kier molecular flexibility index (Phi) is 4.37. The molecule has 0 spiro atoms. The van der Waals surface area contributed by atoms with Crippen LogP contribution >= 0.6 is 43.5 Å². The normalized spacial score (nSPS) is 10.2. The molecule has 1 aromatic carbocycles. The number of hydrogen-bond acceptors (Lipinski definition) is 2. The van der Waals surface area contributed by atoms with Crippen molar-refractivity contribution in [3.8, 4) is 0 Å². The summed E-state index contributed by atoms with van der Waals surface area (Å²) in [5.41, 5.74) is 1.02. The van der Waals surface area contributed by atoms with E-state index in [1.165, 1.54) is 0 Å². The van der Waals surface area contributed by atoms with Gasteiger partial charge in [0, 0.05) is 4.47 Å². The Bertz CT molecular complexity index is 587. The molecule has 0 aliphatic carbocycles. The highest BCUT2D eigenvalue weighted by Crippen LogP contribution is 2.26. The van der Waals surface area contributed by atoms with Gasteiger partial charge in [-0.3, -0.25) is 4.79 Å². The highest BCUT2D eigenvalue weighted by atomic mass is 79.9. The molecule has 0 unspecified atom stereocenters. The van der Waals surface area contributed by atoms with Crippen LogP contribution in [0.15, 0.2) is 45.6 Å². The fraction of sp³-hybridized carbons (Fsp3) is 0. The number of halogens is 3. The van der Waals surface area contributed by atoms with Gasteiger partial charge in [-0.25, -0.2) is 4.98 Å². The monoisotopic (exact) mass is 388 g/mol. The smallest absolute Gasteiger partial charge is 0.257 e. The lowest BCUT2D eigenvalue weighted by Gasteiger charge is -2.07. The number of nitrogens with one attached hydrogen (secondary N) is 1. The molecular formula is C12H7Br2ClN2O. The van der Waals surface area contributed by atoms with Gasteiger partial charge in [-0.2, -0.15) is 0 Å². The van der Waals surface area contributed by atoms with Crippen molar-refractivity contribution in [2.24, 2.45) is 0 Å². The maximum atomic E-state index is 12.0. The predicted octanol–water partition coefficient (Wildman–Crippen LogP) is 4.51. The van der Waals surface area contributed by atoms with E-state index in [9.17, 15) is 4.79 Å². The molecule has 1 aromatic heterocycles. The maximum absolute atomic E-state index is 12.0. The van der Waals surface area contributed by atoms with Crippen molar-refractivity contribution < 1.29 is 4.79 Å². The molecule has 1 N–H and O–H groups in total. The highest BCUT2D eigenvalue weighted by Gasteiger charge is 2.12. The van der Waals surface area contributed by atoms with E-state index in [0.29, 0.717) is 25.3 Å². The average molecular weight is 390 g/mol. The third kappa shape index (κ3) is 3.10. The van der Waals surface area contributed by atoms with Crippen LogP contribution in [0.1, 0.15) is 10.4 Å². The van der Waals surface area contributed by atoms with E-state index in [4.69, 9.17) is 11.6 Å². The van der Waals surface area contributed by atoms with Gasteiger partial charge >= 0.3 is 0 Å². The minimum absolute atomic E-state index is 0.273. The first-order valence-corrected chi connectivity index (χ1v) is 6.91. The lowest BCUT2D eigenvalue weighted by molar-refractivity contribution is 0.102. The summed E-state index contributed by atoms with van der Waals surface area (Å²) in [7, 11) is 0. The highest BCUT2D eigenvalue weighted by molar-refractivity contribution is 9.10. The summed E-state index contributed by atoms with van der Waals surface area (Å²) < 4.78 is 1.40. The Morgan fingerprint density at radius 1 is 1.22 bits per heavy atom. The molecule has 1 heterocycles. The third-order valence-corrected chi connectivity index (χ3v) is 3.95. The number of hydrogen-bond donors (Lipinski definition) is 1. The van der Waals surface area contributed by atoms with Crippen molar-refractivity contribution >= 4 is 55.1 Å². The molecular weight excluding hydrogens is 383 g/mol. The molecule has 3 nitrogen and oxygen atoms in total. The van der Waals surface area contributed by atoms with Crippen LogP contribution in [0.3, 0.4) is 0 Å². The molecule has 1 amide bonds. The van der Waals surface area contributed by atoms with Crippen molar-refractivity contribution in [1.29, 1.82) is 0 Å². The van der Waals surface area contributed by atoms with Crippen molar-refractivity contribution in [3.63, 3.8) is 0 Å². The fourth-order valence-corrected chi connectivity index (χ4v) is 2.14. The molecule has 0 bridgehead atoms. The molecule has 0 fully saturated rings. The second-order valence-corrected chi connectivity index (χ2v) is 5.47. The number of carbonyl (C=O) groups is 1. The van der Waals surface area contributed by atoms with Crippen LogP contribution in [0.5, 0.6) is 0 Å². The first kappa shape index (κ1) is 13.5. The number of benzene rings is 1. The summed E-state index contributed by atoms with van der Waals surface area (Å²) in [4.78, 5) is 16.0. The molecule has 0 aliphatic rings. The molecule has 0 saturated heterocycles. The summed E-state index contributed by atoms with van der Waals surface area (Å²) in [6.07, 6.45) is 1.56. The number of amides is 1. The largest absolute Gasteiger partial charge is 0.321 e. The van der Waals surface area contributed by atoms with Crippen LogP contribution in [-0.2, 0) is 0 Å². The van der Waals surface area contributed by atoms with Crippen LogP contribution in [0, 0.1) is 0 Å². The topological polar surface area (TPSA) is 42.0 Å². The van der Waals surface area contributed by atoms with Gasteiger partial charge in [-0.15, -0.1) is 0 Å². The second-order valence-electron chi connectivity index (χ2n) is 3.43. The van der Waals surface area contributed by atoms with Gasteiger partial charge < -0.3 is 5.32 Å². The Morgan fingerprint density at radius 2 is 2.00 bits per heavy atom. The van der Waals surface area contributed by atoms with Crippen molar-refractivity contribution in [2.45, 2.75) is 0 Å². The first-order valence-electron chi connectivity index (χ1n) is 4.95. The first-order chi connectivity index (χ1) is 8.58. The third-order valence-electron chi connectivity index (χ3n) is 2.18. The van der Waals surface area contributed by atoms with Crippen molar-refractivity contribution in [3.05, 3.63) is 56.2 Å². The van der Waals surface area contributed by atoms with E-state index in [2.05, 4.69) is 42.2 Å². The summed E-state index contributed by atoms with van der Waals surface area (Å²) >= 11 is 12.6. The summed E-state index contributed by atoms with van der Waals surface area (Å²) in [5, 5.41) is 3.11. The van der Waals surface area contributed by atoms with E-state index in [0.717, 1.165) is 0 Å². The van der Waals surface area contributed by atoms with E-state index in [1.54, 1.807) is 36.5 Å². The van der Waals surface area contributed by atoms with Gasteiger partial charge in [0.15, 0.2) is 0 Å².